The number of nitrogens with one attached hydrogen (secondary N) is 1. The minimum atomic E-state index is -0.0897. The van der Waals surface area contributed by atoms with Crippen LogP contribution in [-0.2, 0) is 20.2 Å². The molecule has 0 saturated carbocycles. The summed E-state index contributed by atoms with van der Waals surface area (Å²) in [5, 5.41) is 0.0842. The molecule has 1 aliphatic heterocycles. The van der Waals surface area contributed by atoms with Gasteiger partial charge in [-0.1, -0.05) is 25.2 Å². The molecular weight excluding hydrogens is 376 g/mol. The molecule has 1 aromatic rings. The molecule has 0 aliphatic carbocycles. The van der Waals surface area contributed by atoms with Crippen molar-refractivity contribution in [3.63, 3.8) is 0 Å². The van der Waals surface area contributed by atoms with Crippen LogP contribution >= 0.6 is 12.0 Å². The molecule has 1 unspecified atom stereocenters. The van der Waals surface area contributed by atoms with Crippen LogP contribution in [0, 0.1) is 6.92 Å². The van der Waals surface area contributed by atoms with Gasteiger partial charge in [-0.3, -0.25) is 9.78 Å². The van der Waals surface area contributed by atoms with Crippen molar-refractivity contribution in [1.82, 2.24) is 10.5 Å². The Morgan fingerprint density at radius 1 is 1.50 bits per heavy atom. The number of nitrogens with zero attached hydrogens (tertiary/aromatic N) is 1. The van der Waals surface area contributed by atoms with Gasteiger partial charge >= 0.3 is 0 Å². The summed E-state index contributed by atoms with van der Waals surface area (Å²) in [5.41, 5.74) is 5.61. The highest BCUT2D eigenvalue weighted by Gasteiger charge is 2.22. The number of amides is 1. The SMILES string of the molecule is CC/C=C\C(=C/COC)CCCOc1cnc(CC2CC(=O)NOS2)cc1C. The van der Waals surface area contributed by atoms with E-state index < -0.39 is 0 Å². The fourth-order valence-electron chi connectivity index (χ4n) is 2.80. The number of rotatable bonds is 11. The third-order valence-electron chi connectivity index (χ3n) is 4.26. The molecule has 2 rings (SSSR count). The smallest absolute Gasteiger partial charge is 0.245 e. The fraction of sp³-hybridized carbons (Fsp3) is 0.524. The normalized spacial score (nSPS) is 17.8. The van der Waals surface area contributed by atoms with Gasteiger partial charge in [-0.15, -0.1) is 0 Å². The number of ether oxygens (including phenoxy) is 2. The van der Waals surface area contributed by atoms with Crippen LogP contribution in [0.15, 0.2) is 36.1 Å². The van der Waals surface area contributed by atoms with Crippen LogP contribution in [0.3, 0.4) is 0 Å². The van der Waals surface area contributed by atoms with Gasteiger partial charge in [0.25, 0.3) is 0 Å². The molecule has 7 heteroatoms. The van der Waals surface area contributed by atoms with Gasteiger partial charge in [0.15, 0.2) is 0 Å². The van der Waals surface area contributed by atoms with Crippen LogP contribution in [0.4, 0.5) is 0 Å². The molecule has 0 spiro atoms. The van der Waals surface area contributed by atoms with E-state index in [1.807, 2.05) is 13.0 Å². The van der Waals surface area contributed by atoms with Crippen LogP contribution in [0.25, 0.3) is 0 Å². The van der Waals surface area contributed by atoms with Gasteiger partial charge in [-0.25, -0.2) is 9.76 Å². The van der Waals surface area contributed by atoms with E-state index >= 15 is 0 Å². The Balaban J connectivity index is 1.80. The molecule has 1 amide bonds. The van der Waals surface area contributed by atoms with E-state index in [0.717, 1.165) is 36.3 Å². The highest BCUT2D eigenvalue weighted by atomic mass is 32.2. The number of carbonyl (C=O) groups is 1. The van der Waals surface area contributed by atoms with Gasteiger partial charge in [0, 0.05) is 42.9 Å². The predicted molar refractivity (Wildman–Crippen MR) is 112 cm³/mol. The summed E-state index contributed by atoms with van der Waals surface area (Å²) in [5.74, 6) is 0.716. The molecule has 1 N–H and O–H groups in total. The first-order valence-corrected chi connectivity index (χ1v) is 10.5. The molecule has 0 aromatic carbocycles. The Bertz CT molecular complexity index is 691. The average molecular weight is 407 g/mol. The number of hydroxylamine groups is 1. The number of methoxy groups -OCH3 is 1. The summed E-state index contributed by atoms with van der Waals surface area (Å²) < 4.78 is 16.1. The number of hydrogen-bond donors (Lipinski definition) is 1. The summed E-state index contributed by atoms with van der Waals surface area (Å²) in [7, 11) is 1.70. The second kappa shape index (κ2) is 12.6. The maximum Gasteiger partial charge on any atom is 0.245 e. The van der Waals surface area contributed by atoms with Crippen LogP contribution in [0.1, 0.15) is 43.9 Å². The van der Waals surface area contributed by atoms with Crippen molar-refractivity contribution in [2.45, 2.75) is 51.2 Å². The van der Waals surface area contributed by atoms with Gasteiger partial charge in [0.05, 0.1) is 19.4 Å². The minimum absolute atomic E-state index is 0.0842. The zero-order valence-corrected chi connectivity index (χ0v) is 17.7. The highest BCUT2D eigenvalue weighted by Crippen LogP contribution is 2.25. The van der Waals surface area contributed by atoms with E-state index in [4.69, 9.17) is 13.8 Å². The van der Waals surface area contributed by atoms with E-state index in [9.17, 15) is 4.79 Å². The molecule has 1 fully saturated rings. The molecule has 28 heavy (non-hydrogen) atoms. The lowest BCUT2D eigenvalue weighted by Gasteiger charge is -2.20. The third-order valence-corrected chi connectivity index (χ3v) is 5.04. The predicted octanol–water partition coefficient (Wildman–Crippen LogP) is 4.10. The Morgan fingerprint density at radius 2 is 2.36 bits per heavy atom. The molecule has 154 valence electrons. The van der Waals surface area contributed by atoms with Crippen molar-refractivity contribution < 1.29 is 18.6 Å². The van der Waals surface area contributed by atoms with E-state index in [1.54, 1.807) is 13.3 Å². The molecule has 6 nitrogen and oxygen atoms in total. The average Bonchev–Trinajstić information content (AvgIpc) is 2.68. The fourth-order valence-corrected chi connectivity index (χ4v) is 3.53. The Morgan fingerprint density at radius 3 is 3.07 bits per heavy atom. The van der Waals surface area contributed by atoms with Crippen molar-refractivity contribution in [3.05, 3.63) is 47.3 Å². The molecule has 0 radical (unpaired) electrons. The van der Waals surface area contributed by atoms with Crippen LogP contribution in [0.2, 0.25) is 0 Å². The lowest BCUT2D eigenvalue weighted by molar-refractivity contribution is -0.128. The maximum atomic E-state index is 11.4. The largest absolute Gasteiger partial charge is 0.492 e. The Hall–Kier alpha value is -1.83. The zero-order chi connectivity index (χ0) is 20.2. The van der Waals surface area contributed by atoms with Crippen LogP contribution in [-0.4, -0.2) is 36.5 Å². The Labute approximate surface area is 171 Å². The summed E-state index contributed by atoms with van der Waals surface area (Å²) in [4.78, 5) is 15.9. The summed E-state index contributed by atoms with van der Waals surface area (Å²) in [6, 6.07) is 2.02. The molecular formula is C21H30N2O4S. The maximum absolute atomic E-state index is 11.4. The van der Waals surface area contributed by atoms with Crippen molar-refractivity contribution in [3.8, 4) is 5.75 Å². The second-order valence-electron chi connectivity index (χ2n) is 6.67. The van der Waals surface area contributed by atoms with Crippen molar-refractivity contribution in [2.24, 2.45) is 0 Å². The number of carbonyl (C=O) groups excluding carboxylic acids is 1. The number of aryl methyl sites for hydroxylation is 1. The standard InChI is InChI=1S/C21H30N2O4S/c1-4-5-7-17(9-11-25-3)8-6-10-26-20-15-22-18(12-16(20)2)13-19-14-21(24)23-27-28-19/h5,7,9,12,15,19H,4,6,8,10-11,13-14H2,1-3H3,(H,23,24)/b7-5-,17-9+. The van der Waals surface area contributed by atoms with Crippen molar-refractivity contribution >= 4 is 17.9 Å². The van der Waals surface area contributed by atoms with Crippen LogP contribution in [0.5, 0.6) is 5.75 Å². The molecule has 1 atom stereocenters. The first-order valence-electron chi connectivity index (χ1n) is 9.66. The lowest BCUT2D eigenvalue weighted by Crippen LogP contribution is -2.31. The third kappa shape index (κ3) is 8.04. The van der Waals surface area contributed by atoms with Gasteiger partial charge in [-0.05, 0) is 43.4 Å². The first-order chi connectivity index (χ1) is 13.6. The summed E-state index contributed by atoms with van der Waals surface area (Å²) >= 11 is 1.28. The van der Waals surface area contributed by atoms with E-state index in [1.165, 1.54) is 17.6 Å². The van der Waals surface area contributed by atoms with Gasteiger partial charge < -0.3 is 9.47 Å². The zero-order valence-electron chi connectivity index (χ0n) is 16.9. The van der Waals surface area contributed by atoms with E-state index in [0.29, 0.717) is 26.1 Å². The lowest BCUT2D eigenvalue weighted by atomic mass is 10.1. The van der Waals surface area contributed by atoms with Gasteiger partial charge in [-0.2, -0.15) is 0 Å². The summed E-state index contributed by atoms with van der Waals surface area (Å²) in [6.07, 6.45) is 12.2. The molecule has 2 heterocycles. The number of allylic oxidation sites excluding steroid dienone is 3. The number of aromatic nitrogens is 1. The van der Waals surface area contributed by atoms with Gasteiger partial charge in [0.2, 0.25) is 5.91 Å². The van der Waals surface area contributed by atoms with Gasteiger partial charge in [0.1, 0.15) is 5.75 Å². The monoisotopic (exact) mass is 406 g/mol. The van der Waals surface area contributed by atoms with Crippen molar-refractivity contribution in [2.75, 3.05) is 20.3 Å². The van der Waals surface area contributed by atoms with Crippen molar-refractivity contribution in [1.29, 1.82) is 0 Å². The Kier molecular flexibility index (Phi) is 10.1. The second-order valence-corrected chi connectivity index (χ2v) is 7.70. The van der Waals surface area contributed by atoms with Crippen LogP contribution < -0.4 is 10.2 Å². The number of hydrogen-bond acceptors (Lipinski definition) is 6. The number of pyridine rings is 1. The quantitative estimate of drug-likeness (QED) is 0.339. The van der Waals surface area contributed by atoms with E-state index in [-0.39, 0.29) is 11.2 Å². The first kappa shape index (κ1) is 22.5. The topological polar surface area (TPSA) is 69.7 Å². The molecule has 0 bridgehead atoms. The minimum Gasteiger partial charge on any atom is -0.492 e. The van der Waals surface area contributed by atoms with E-state index in [2.05, 4.69) is 35.6 Å². The highest BCUT2D eigenvalue weighted by molar-refractivity contribution is 7.95. The molecule has 1 saturated heterocycles. The molecule has 1 aromatic heterocycles. The molecule has 1 aliphatic rings. The summed E-state index contributed by atoms with van der Waals surface area (Å²) in [6.45, 7) is 5.41.